The maximum Gasteiger partial charge on any atom is 0.325 e. The van der Waals surface area contributed by atoms with Gasteiger partial charge in [-0.15, -0.1) is 0 Å². The third-order valence-electron chi connectivity index (χ3n) is 4.62. The number of aryl methyl sites for hydroxylation is 2. The van der Waals surface area contributed by atoms with Gasteiger partial charge < -0.3 is 14.5 Å². The Kier molecular flexibility index (Phi) is 3.13. The van der Waals surface area contributed by atoms with Crippen LogP contribution in [0, 0.1) is 13.8 Å². The number of oxazole rings is 1. The van der Waals surface area contributed by atoms with Gasteiger partial charge in [-0.05, 0) is 19.9 Å². The van der Waals surface area contributed by atoms with Gasteiger partial charge in [0.25, 0.3) is 5.91 Å². The van der Waals surface area contributed by atoms with Crippen LogP contribution in [0.15, 0.2) is 28.7 Å². The molecule has 1 N–H and O–H groups in total. The normalized spacial score (nSPS) is 22.5. The first-order chi connectivity index (χ1) is 11.5. The fraction of sp³-hybridized carbons (Fsp3) is 0.353. The van der Waals surface area contributed by atoms with Gasteiger partial charge >= 0.3 is 6.03 Å². The molecule has 1 saturated heterocycles. The zero-order chi connectivity index (χ0) is 16.9. The number of carbonyl (C=O) groups is 2. The lowest BCUT2D eigenvalue weighted by Gasteiger charge is -2.33. The van der Waals surface area contributed by atoms with E-state index in [0.29, 0.717) is 36.0 Å². The molecule has 2 aliphatic heterocycles. The van der Waals surface area contributed by atoms with Crippen molar-refractivity contribution in [3.05, 3.63) is 47.2 Å². The van der Waals surface area contributed by atoms with Crippen LogP contribution >= 0.6 is 0 Å². The third-order valence-corrected chi connectivity index (χ3v) is 4.62. The number of fused-ring (bicyclic) bond motifs is 2. The summed E-state index contributed by atoms with van der Waals surface area (Å²) in [7, 11) is 0. The minimum absolute atomic E-state index is 0.0180. The van der Waals surface area contributed by atoms with Gasteiger partial charge in [0.15, 0.2) is 5.54 Å². The molecule has 0 unspecified atom stereocenters. The number of nitrogens with one attached hydrogen (secondary N) is 1. The van der Waals surface area contributed by atoms with E-state index in [1.165, 1.54) is 0 Å². The smallest absolute Gasteiger partial charge is 0.325 e. The SMILES string of the molecule is Cc1nc(CN2C(=O)N[C@]3(CCOc4ccccc43)C2=O)oc1C. The highest BCUT2D eigenvalue weighted by molar-refractivity contribution is 6.07. The van der Waals surface area contributed by atoms with Crippen molar-refractivity contribution in [2.45, 2.75) is 32.4 Å². The summed E-state index contributed by atoms with van der Waals surface area (Å²) in [5.74, 6) is 1.37. The molecule has 1 fully saturated rings. The van der Waals surface area contributed by atoms with E-state index < -0.39 is 11.6 Å². The molecule has 0 radical (unpaired) electrons. The number of hydrogen-bond donors (Lipinski definition) is 1. The van der Waals surface area contributed by atoms with E-state index in [4.69, 9.17) is 9.15 Å². The van der Waals surface area contributed by atoms with Gasteiger partial charge in [-0.1, -0.05) is 18.2 Å². The van der Waals surface area contributed by atoms with Gasteiger partial charge in [-0.2, -0.15) is 0 Å². The number of hydrogen-bond acceptors (Lipinski definition) is 5. The molecule has 1 aromatic heterocycles. The quantitative estimate of drug-likeness (QED) is 0.853. The van der Waals surface area contributed by atoms with Crippen LogP contribution in [0.5, 0.6) is 5.75 Å². The van der Waals surface area contributed by atoms with E-state index in [1.54, 1.807) is 13.0 Å². The van der Waals surface area contributed by atoms with Crippen LogP contribution in [-0.4, -0.2) is 28.4 Å². The molecule has 3 amide bonds. The van der Waals surface area contributed by atoms with Crippen LogP contribution in [0.4, 0.5) is 4.79 Å². The molecule has 2 aliphatic rings. The minimum Gasteiger partial charge on any atom is -0.493 e. The number of benzene rings is 1. The molecule has 0 bridgehead atoms. The summed E-state index contributed by atoms with van der Waals surface area (Å²) in [4.78, 5) is 30.9. The highest BCUT2D eigenvalue weighted by Crippen LogP contribution is 2.41. The van der Waals surface area contributed by atoms with Crippen molar-refractivity contribution in [3.8, 4) is 5.75 Å². The zero-order valence-electron chi connectivity index (χ0n) is 13.5. The van der Waals surface area contributed by atoms with E-state index >= 15 is 0 Å². The van der Waals surface area contributed by atoms with Gasteiger partial charge in [0.05, 0.1) is 12.3 Å². The predicted molar refractivity (Wildman–Crippen MR) is 83.3 cm³/mol. The van der Waals surface area contributed by atoms with Gasteiger partial charge in [-0.25, -0.2) is 9.78 Å². The van der Waals surface area contributed by atoms with Crippen LogP contribution in [0.1, 0.15) is 29.3 Å². The predicted octanol–water partition coefficient (Wildman–Crippen LogP) is 2.02. The number of ether oxygens (including phenoxy) is 1. The van der Waals surface area contributed by atoms with Gasteiger partial charge in [-0.3, -0.25) is 9.69 Å². The summed E-state index contributed by atoms with van der Waals surface area (Å²) >= 11 is 0. The summed E-state index contributed by atoms with van der Waals surface area (Å²) in [5.41, 5.74) is 0.378. The Morgan fingerprint density at radius 1 is 1.29 bits per heavy atom. The fourth-order valence-corrected chi connectivity index (χ4v) is 3.26. The molecular formula is C17H17N3O4. The third kappa shape index (κ3) is 2.01. The molecule has 2 aromatic rings. The Morgan fingerprint density at radius 2 is 2.08 bits per heavy atom. The molecule has 1 spiro atoms. The van der Waals surface area contributed by atoms with Gasteiger partial charge in [0.2, 0.25) is 5.89 Å². The Hall–Kier alpha value is -2.83. The number of carbonyl (C=O) groups excluding carboxylic acids is 2. The Labute approximate surface area is 138 Å². The van der Waals surface area contributed by atoms with E-state index in [1.807, 2.05) is 25.1 Å². The average molecular weight is 327 g/mol. The molecule has 24 heavy (non-hydrogen) atoms. The standard InChI is InChI=1S/C17H17N3O4/c1-10-11(2)24-14(18-10)9-20-15(21)17(19-16(20)22)7-8-23-13-6-4-3-5-12(13)17/h3-6H,7-9H2,1-2H3,(H,19,22)/t17-/m0/s1. The molecular weight excluding hydrogens is 310 g/mol. The number of para-hydroxylation sites is 1. The number of aromatic nitrogens is 1. The van der Waals surface area contributed by atoms with Crippen molar-refractivity contribution in [3.63, 3.8) is 0 Å². The number of urea groups is 1. The van der Waals surface area contributed by atoms with Crippen molar-refractivity contribution < 1.29 is 18.7 Å². The molecule has 1 atom stereocenters. The second-order valence-corrected chi connectivity index (χ2v) is 6.07. The summed E-state index contributed by atoms with van der Waals surface area (Å²) in [5, 5.41) is 2.85. The van der Waals surface area contributed by atoms with Crippen LogP contribution in [-0.2, 0) is 16.9 Å². The lowest BCUT2D eigenvalue weighted by molar-refractivity contribution is -0.133. The Balaban J connectivity index is 1.69. The summed E-state index contributed by atoms with van der Waals surface area (Å²) in [6, 6.07) is 6.85. The first kappa shape index (κ1) is 14.7. The monoisotopic (exact) mass is 327 g/mol. The highest BCUT2D eigenvalue weighted by atomic mass is 16.5. The lowest BCUT2D eigenvalue weighted by atomic mass is 9.84. The maximum absolute atomic E-state index is 13.1. The number of nitrogens with zero attached hydrogens (tertiary/aromatic N) is 2. The molecule has 3 heterocycles. The summed E-state index contributed by atoms with van der Waals surface area (Å²) < 4.78 is 11.1. The number of amides is 3. The van der Waals surface area contributed by atoms with Crippen LogP contribution < -0.4 is 10.1 Å². The second kappa shape index (κ2) is 5.09. The molecule has 124 valence electrons. The van der Waals surface area contributed by atoms with E-state index in [0.717, 1.165) is 10.6 Å². The topological polar surface area (TPSA) is 84.7 Å². The summed E-state index contributed by atoms with van der Waals surface area (Å²) in [6.45, 7) is 4.01. The maximum atomic E-state index is 13.1. The van der Waals surface area contributed by atoms with Crippen LogP contribution in [0.25, 0.3) is 0 Å². The van der Waals surface area contributed by atoms with E-state index in [9.17, 15) is 9.59 Å². The van der Waals surface area contributed by atoms with Crippen molar-refractivity contribution in [2.24, 2.45) is 0 Å². The zero-order valence-corrected chi connectivity index (χ0v) is 13.5. The molecule has 4 rings (SSSR count). The highest BCUT2D eigenvalue weighted by Gasteiger charge is 2.55. The fourth-order valence-electron chi connectivity index (χ4n) is 3.26. The molecule has 1 aromatic carbocycles. The largest absolute Gasteiger partial charge is 0.493 e. The molecule has 7 nitrogen and oxygen atoms in total. The van der Waals surface area contributed by atoms with Crippen molar-refractivity contribution >= 4 is 11.9 Å². The minimum atomic E-state index is -1.07. The van der Waals surface area contributed by atoms with Crippen molar-refractivity contribution in [1.82, 2.24) is 15.2 Å². The summed E-state index contributed by atoms with van der Waals surface area (Å²) in [6.07, 6.45) is 0.398. The second-order valence-electron chi connectivity index (χ2n) is 6.07. The Bertz CT molecular complexity index is 825. The first-order valence-electron chi connectivity index (χ1n) is 7.80. The van der Waals surface area contributed by atoms with Crippen LogP contribution in [0.2, 0.25) is 0 Å². The number of rotatable bonds is 2. The molecule has 0 saturated carbocycles. The van der Waals surface area contributed by atoms with E-state index in [2.05, 4.69) is 10.3 Å². The average Bonchev–Trinajstić information content (AvgIpc) is 3.00. The molecule has 0 aliphatic carbocycles. The lowest BCUT2D eigenvalue weighted by Crippen LogP contribution is -2.47. The van der Waals surface area contributed by atoms with Crippen molar-refractivity contribution in [1.29, 1.82) is 0 Å². The number of imide groups is 1. The molecule has 7 heteroatoms. The van der Waals surface area contributed by atoms with E-state index in [-0.39, 0.29) is 12.5 Å². The van der Waals surface area contributed by atoms with Gasteiger partial charge in [0.1, 0.15) is 18.1 Å². The van der Waals surface area contributed by atoms with Crippen LogP contribution in [0.3, 0.4) is 0 Å². The first-order valence-corrected chi connectivity index (χ1v) is 7.80. The van der Waals surface area contributed by atoms with Gasteiger partial charge in [0, 0.05) is 12.0 Å². The van der Waals surface area contributed by atoms with Crippen molar-refractivity contribution in [2.75, 3.05) is 6.61 Å². The Morgan fingerprint density at radius 3 is 2.83 bits per heavy atom.